The van der Waals surface area contributed by atoms with Crippen LogP contribution in [-0.2, 0) is 0 Å². The molecule has 0 aliphatic carbocycles. The minimum atomic E-state index is 0.917. The predicted molar refractivity (Wildman–Crippen MR) is 252 cm³/mol. The van der Waals surface area contributed by atoms with E-state index in [4.69, 9.17) is 4.42 Å². The highest BCUT2D eigenvalue weighted by molar-refractivity contribution is 6.30. The third-order valence-electron chi connectivity index (χ3n) is 13.4. The molecule has 0 atom stereocenters. The average Bonchev–Trinajstić information content (AvgIpc) is 3.70. The summed E-state index contributed by atoms with van der Waals surface area (Å²) in [5.74, 6) is 0. The second-order valence-electron chi connectivity index (χ2n) is 16.3. The zero-order valence-electron chi connectivity index (χ0n) is 31.9. The normalized spacial score (nSPS) is 12.4. The highest BCUT2D eigenvalue weighted by atomic mass is 16.3. The lowest BCUT2D eigenvalue weighted by molar-refractivity contribution is 0.674. The number of hydrogen-bond acceptors (Lipinski definition) is 1. The van der Waals surface area contributed by atoms with E-state index in [1.807, 2.05) is 0 Å². The van der Waals surface area contributed by atoms with Crippen molar-refractivity contribution in [2.45, 2.75) is 0 Å². The molecular formula is C58H32O. The number of furan rings is 1. The van der Waals surface area contributed by atoms with E-state index in [1.165, 1.54) is 103 Å². The topological polar surface area (TPSA) is 13.1 Å². The Balaban J connectivity index is 1.05. The van der Waals surface area contributed by atoms with Gasteiger partial charge in [-0.25, -0.2) is 0 Å². The SMILES string of the molecule is c1ccc2c(c1)ccc1c2oc2c(-c3ccc(-c4ccc5ccc6cccc7ccc4c5c67)c4ccccc34)ccc(-c3ccc4ccc5cccc6ccc3c4c56)c21. The van der Waals surface area contributed by atoms with Gasteiger partial charge in [0.05, 0.1) is 0 Å². The van der Waals surface area contributed by atoms with Gasteiger partial charge in [0.15, 0.2) is 0 Å². The highest BCUT2D eigenvalue weighted by Gasteiger charge is 2.23. The quantitative estimate of drug-likeness (QED) is 0.164. The lowest BCUT2D eigenvalue weighted by Crippen LogP contribution is -1.91. The molecule has 59 heavy (non-hydrogen) atoms. The maximum Gasteiger partial charge on any atom is 0.143 e. The largest absolute Gasteiger partial charge is 0.455 e. The second kappa shape index (κ2) is 11.4. The molecule has 1 heterocycles. The first kappa shape index (κ1) is 31.4. The summed E-state index contributed by atoms with van der Waals surface area (Å²) in [4.78, 5) is 0. The summed E-state index contributed by atoms with van der Waals surface area (Å²) < 4.78 is 7.23. The first-order valence-corrected chi connectivity index (χ1v) is 20.5. The molecule has 0 radical (unpaired) electrons. The van der Waals surface area contributed by atoms with Crippen molar-refractivity contribution in [2.75, 3.05) is 0 Å². The van der Waals surface area contributed by atoms with Crippen molar-refractivity contribution >= 4 is 108 Å². The zero-order chi connectivity index (χ0) is 38.3. The van der Waals surface area contributed by atoms with E-state index in [1.54, 1.807) is 0 Å². The van der Waals surface area contributed by atoms with Crippen molar-refractivity contribution in [1.82, 2.24) is 0 Å². The third-order valence-corrected chi connectivity index (χ3v) is 13.4. The highest BCUT2D eigenvalue weighted by Crippen LogP contribution is 2.49. The van der Waals surface area contributed by atoms with Gasteiger partial charge in [0.1, 0.15) is 11.2 Å². The summed E-state index contributed by atoms with van der Waals surface area (Å²) in [6, 6.07) is 72.0. The molecule has 0 fully saturated rings. The number of rotatable bonds is 3. The van der Waals surface area contributed by atoms with E-state index in [0.29, 0.717) is 0 Å². The van der Waals surface area contributed by atoms with E-state index < -0.39 is 0 Å². The molecule has 0 aliphatic rings. The molecular weight excluding hydrogens is 713 g/mol. The van der Waals surface area contributed by atoms with Crippen LogP contribution in [0.4, 0.5) is 0 Å². The molecule has 13 aromatic carbocycles. The van der Waals surface area contributed by atoms with Crippen LogP contribution in [0, 0.1) is 0 Å². The molecule has 0 N–H and O–H groups in total. The number of benzene rings is 13. The van der Waals surface area contributed by atoms with Crippen LogP contribution < -0.4 is 0 Å². The van der Waals surface area contributed by atoms with Gasteiger partial charge in [0, 0.05) is 21.7 Å². The first-order valence-electron chi connectivity index (χ1n) is 20.5. The molecule has 0 unspecified atom stereocenters. The molecule has 0 bridgehead atoms. The van der Waals surface area contributed by atoms with Gasteiger partial charge in [-0.05, 0) is 121 Å². The molecule has 1 nitrogen and oxygen atoms in total. The smallest absolute Gasteiger partial charge is 0.143 e. The predicted octanol–water partition coefficient (Wildman–Crippen LogP) is 16.7. The maximum absolute atomic E-state index is 7.23. The summed E-state index contributed by atoms with van der Waals surface area (Å²) in [7, 11) is 0. The molecule has 14 rings (SSSR count). The van der Waals surface area contributed by atoms with Crippen LogP contribution >= 0.6 is 0 Å². The van der Waals surface area contributed by atoms with Gasteiger partial charge in [-0.15, -0.1) is 0 Å². The maximum atomic E-state index is 7.23. The van der Waals surface area contributed by atoms with Crippen LogP contribution in [0.5, 0.6) is 0 Å². The Morgan fingerprint density at radius 2 is 0.559 bits per heavy atom. The summed E-state index contributed by atoms with van der Waals surface area (Å²) in [5.41, 5.74) is 9.00. The Morgan fingerprint density at radius 1 is 0.186 bits per heavy atom. The van der Waals surface area contributed by atoms with Crippen LogP contribution in [0.2, 0.25) is 0 Å². The summed E-state index contributed by atoms with van der Waals surface area (Å²) in [5, 5.41) is 22.6. The molecule has 1 heteroatoms. The average molecular weight is 745 g/mol. The lowest BCUT2D eigenvalue weighted by atomic mass is 9.85. The fraction of sp³-hybridized carbons (Fsp3) is 0. The Kier molecular flexibility index (Phi) is 6.08. The molecule has 0 spiro atoms. The number of hydrogen-bond donors (Lipinski definition) is 0. The molecule has 270 valence electrons. The Labute approximate surface area is 338 Å². The Morgan fingerprint density at radius 3 is 1.17 bits per heavy atom. The summed E-state index contributed by atoms with van der Waals surface area (Å²) >= 11 is 0. The van der Waals surface area contributed by atoms with Crippen molar-refractivity contribution in [3.8, 4) is 33.4 Å². The van der Waals surface area contributed by atoms with Crippen molar-refractivity contribution in [3.05, 3.63) is 194 Å². The minimum absolute atomic E-state index is 0.917. The van der Waals surface area contributed by atoms with Crippen molar-refractivity contribution < 1.29 is 4.42 Å². The van der Waals surface area contributed by atoms with Crippen LogP contribution in [-0.4, -0.2) is 0 Å². The van der Waals surface area contributed by atoms with Crippen LogP contribution in [0.3, 0.4) is 0 Å². The van der Waals surface area contributed by atoms with Gasteiger partial charge in [-0.3, -0.25) is 0 Å². The molecule has 0 saturated heterocycles. The molecule has 14 aromatic rings. The second-order valence-corrected chi connectivity index (χ2v) is 16.3. The Hall–Kier alpha value is -7.74. The third kappa shape index (κ3) is 4.18. The molecule has 0 amide bonds. The summed E-state index contributed by atoms with van der Waals surface area (Å²) in [6.07, 6.45) is 0. The zero-order valence-corrected chi connectivity index (χ0v) is 31.9. The van der Waals surface area contributed by atoms with E-state index in [0.717, 1.165) is 38.5 Å². The monoisotopic (exact) mass is 744 g/mol. The Bertz CT molecular complexity index is 4040. The van der Waals surface area contributed by atoms with Gasteiger partial charge >= 0.3 is 0 Å². The van der Waals surface area contributed by atoms with Crippen LogP contribution in [0.1, 0.15) is 0 Å². The molecule has 1 aromatic heterocycles. The minimum Gasteiger partial charge on any atom is -0.455 e. The first-order chi connectivity index (χ1) is 29.3. The van der Waals surface area contributed by atoms with Crippen molar-refractivity contribution in [1.29, 1.82) is 0 Å². The lowest BCUT2D eigenvalue weighted by Gasteiger charge is -2.17. The van der Waals surface area contributed by atoms with E-state index in [-0.39, 0.29) is 0 Å². The fourth-order valence-electron chi connectivity index (χ4n) is 10.8. The van der Waals surface area contributed by atoms with E-state index >= 15 is 0 Å². The van der Waals surface area contributed by atoms with Crippen molar-refractivity contribution in [2.24, 2.45) is 0 Å². The van der Waals surface area contributed by atoms with Crippen molar-refractivity contribution in [3.63, 3.8) is 0 Å². The van der Waals surface area contributed by atoms with E-state index in [9.17, 15) is 0 Å². The van der Waals surface area contributed by atoms with Gasteiger partial charge < -0.3 is 4.42 Å². The standard InChI is InChI=1S/C58H32O/c1-2-12-40-33(7-1)19-28-51-56-49(46-25-21-39-18-16-35-9-6-11-37-23-27-48(46)55(39)53(35)37)31-32-50(58(56)59-57(40)51)45-30-29-43(41-13-3-4-14-42(41)45)44-24-20-38-17-15-34-8-5-10-36-22-26-47(44)54(38)52(34)36/h1-32H. The van der Waals surface area contributed by atoms with Crippen LogP contribution in [0.15, 0.2) is 199 Å². The molecule has 0 aliphatic heterocycles. The van der Waals surface area contributed by atoms with Gasteiger partial charge in [-0.1, -0.05) is 182 Å². The number of fused-ring (bicyclic) bond motifs is 6. The van der Waals surface area contributed by atoms with Crippen LogP contribution in [0.25, 0.3) is 141 Å². The van der Waals surface area contributed by atoms with Gasteiger partial charge in [-0.2, -0.15) is 0 Å². The summed E-state index contributed by atoms with van der Waals surface area (Å²) in [6.45, 7) is 0. The van der Waals surface area contributed by atoms with Gasteiger partial charge in [0.2, 0.25) is 0 Å². The van der Waals surface area contributed by atoms with E-state index in [2.05, 4.69) is 194 Å². The van der Waals surface area contributed by atoms with Gasteiger partial charge in [0.25, 0.3) is 0 Å². The molecule has 0 saturated carbocycles. The fourth-order valence-corrected chi connectivity index (χ4v) is 10.8.